The van der Waals surface area contributed by atoms with Crippen molar-refractivity contribution < 1.29 is 19.6 Å². The molecule has 0 aliphatic carbocycles. The largest absolute Gasteiger partial charge is 0.481 e. The summed E-state index contributed by atoms with van der Waals surface area (Å²) in [6.07, 6.45) is 3.02. The molecule has 8 nitrogen and oxygen atoms in total. The monoisotopic (exact) mass is 509 g/mol. The Balaban J connectivity index is 1.65. The molecule has 1 fully saturated rings. The summed E-state index contributed by atoms with van der Waals surface area (Å²) in [5, 5.41) is 21.3. The number of aliphatic carboxylic acids is 1. The van der Waals surface area contributed by atoms with E-state index in [-0.39, 0.29) is 18.0 Å². The minimum atomic E-state index is -0.841. The van der Waals surface area contributed by atoms with Gasteiger partial charge in [0.05, 0.1) is 21.3 Å². The van der Waals surface area contributed by atoms with E-state index in [1.807, 2.05) is 4.90 Å². The van der Waals surface area contributed by atoms with Crippen LogP contribution >= 0.6 is 35.0 Å². The fourth-order valence-electron chi connectivity index (χ4n) is 3.26. The molecule has 0 bridgehead atoms. The molecule has 1 aliphatic rings. The van der Waals surface area contributed by atoms with E-state index in [1.54, 1.807) is 41.3 Å². The number of nitrogens with zero attached hydrogens (tertiary/aromatic N) is 3. The van der Waals surface area contributed by atoms with Gasteiger partial charge in [-0.05, 0) is 35.9 Å². The van der Waals surface area contributed by atoms with Crippen LogP contribution in [0.1, 0.15) is 12.0 Å². The Morgan fingerprint density at radius 3 is 2.42 bits per heavy atom. The van der Waals surface area contributed by atoms with Gasteiger partial charge in [-0.3, -0.25) is 24.6 Å². The Kier molecular flexibility index (Phi) is 8.74. The topological polar surface area (TPSA) is 104 Å². The lowest BCUT2D eigenvalue weighted by Crippen LogP contribution is -2.48. The number of carboxylic acids is 1. The molecule has 0 aromatic heterocycles. The highest BCUT2D eigenvalue weighted by Gasteiger charge is 2.20. The van der Waals surface area contributed by atoms with Crippen LogP contribution < -0.4 is 0 Å². The van der Waals surface area contributed by atoms with Crippen LogP contribution in [0.3, 0.4) is 0 Å². The second-order valence-corrected chi connectivity index (χ2v) is 9.23. The van der Waals surface area contributed by atoms with Gasteiger partial charge >= 0.3 is 5.97 Å². The maximum atomic E-state index is 12.5. The molecule has 0 unspecified atom stereocenters. The van der Waals surface area contributed by atoms with Crippen molar-refractivity contribution in [3.05, 3.63) is 68.2 Å². The first kappa shape index (κ1) is 25.0. The van der Waals surface area contributed by atoms with E-state index in [0.717, 1.165) is 0 Å². The molecule has 2 aromatic carbocycles. The summed E-state index contributed by atoms with van der Waals surface area (Å²) in [6.45, 7) is 2.68. The van der Waals surface area contributed by atoms with Crippen LogP contribution in [0.25, 0.3) is 6.08 Å². The van der Waals surface area contributed by atoms with Crippen LogP contribution in [-0.2, 0) is 9.59 Å². The minimum Gasteiger partial charge on any atom is -0.481 e. The average Bonchev–Trinajstić information content (AvgIpc) is 2.78. The lowest BCUT2D eigenvalue weighted by Gasteiger charge is -2.33. The molecule has 1 saturated heterocycles. The molecule has 1 heterocycles. The van der Waals surface area contributed by atoms with Crippen LogP contribution in [0.15, 0.2) is 52.3 Å². The molecular weight excluding hydrogens is 489 g/mol. The van der Waals surface area contributed by atoms with Crippen molar-refractivity contribution >= 4 is 58.6 Å². The highest BCUT2D eigenvalue weighted by Crippen LogP contribution is 2.39. The van der Waals surface area contributed by atoms with Gasteiger partial charge in [0.1, 0.15) is 0 Å². The van der Waals surface area contributed by atoms with E-state index >= 15 is 0 Å². The second kappa shape index (κ2) is 11.5. The molecule has 174 valence electrons. The summed E-state index contributed by atoms with van der Waals surface area (Å²) in [5.41, 5.74) is 0.439. The van der Waals surface area contributed by atoms with Crippen molar-refractivity contribution in [3.8, 4) is 0 Å². The average molecular weight is 510 g/mol. The van der Waals surface area contributed by atoms with Crippen molar-refractivity contribution in [2.45, 2.75) is 16.2 Å². The summed E-state index contributed by atoms with van der Waals surface area (Å²) in [6, 6.07) is 9.68. The summed E-state index contributed by atoms with van der Waals surface area (Å²) in [5.74, 6) is -1.03. The smallest absolute Gasteiger partial charge is 0.304 e. The van der Waals surface area contributed by atoms with E-state index in [1.165, 1.54) is 23.9 Å². The molecule has 0 radical (unpaired) electrons. The first-order valence-electron chi connectivity index (χ1n) is 10.1. The van der Waals surface area contributed by atoms with Crippen molar-refractivity contribution in [3.63, 3.8) is 0 Å². The molecule has 1 aliphatic heterocycles. The Morgan fingerprint density at radius 2 is 1.79 bits per heavy atom. The maximum absolute atomic E-state index is 12.5. The van der Waals surface area contributed by atoms with Crippen LogP contribution in [0.5, 0.6) is 0 Å². The maximum Gasteiger partial charge on any atom is 0.304 e. The Hall–Kier alpha value is -2.59. The predicted octanol–water partition coefficient (Wildman–Crippen LogP) is 4.68. The Morgan fingerprint density at radius 1 is 1.09 bits per heavy atom. The molecule has 33 heavy (non-hydrogen) atoms. The first-order chi connectivity index (χ1) is 15.7. The summed E-state index contributed by atoms with van der Waals surface area (Å²) < 4.78 is 0. The fraction of sp³-hybridized carbons (Fsp3) is 0.273. The molecule has 1 amide bonds. The lowest BCUT2D eigenvalue weighted by atomic mass is 10.2. The molecule has 0 atom stereocenters. The summed E-state index contributed by atoms with van der Waals surface area (Å²) >= 11 is 13.3. The number of carbonyl (C=O) groups excluding carboxylic acids is 1. The number of carboxylic acid groups (broad SMARTS) is 1. The van der Waals surface area contributed by atoms with Crippen molar-refractivity contribution in [1.29, 1.82) is 0 Å². The van der Waals surface area contributed by atoms with E-state index < -0.39 is 10.9 Å². The zero-order valence-electron chi connectivity index (χ0n) is 17.4. The van der Waals surface area contributed by atoms with E-state index in [9.17, 15) is 19.7 Å². The van der Waals surface area contributed by atoms with Gasteiger partial charge in [-0.25, -0.2) is 0 Å². The highest BCUT2D eigenvalue weighted by atomic mass is 35.5. The number of halogens is 2. The molecule has 1 N–H and O–H groups in total. The molecule has 3 rings (SSSR count). The summed E-state index contributed by atoms with van der Waals surface area (Å²) in [4.78, 5) is 39.1. The minimum absolute atomic E-state index is 0.0745. The number of rotatable bonds is 8. The molecule has 2 aromatic rings. The van der Waals surface area contributed by atoms with E-state index in [2.05, 4.69) is 0 Å². The third-order valence-corrected chi connectivity index (χ3v) is 6.84. The van der Waals surface area contributed by atoms with Gasteiger partial charge in [-0.2, -0.15) is 0 Å². The zero-order chi connectivity index (χ0) is 24.0. The standard InChI is InChI=1S/C22H21Cl2N3O5S/c23-16-3-5-19(17(24)14-16)33-20-4-1-15(13-18(20)27(31)32)2-6-21(28)26-11-9-25(10-12-26)8-7-22(29)30/h1-6,13-14H,7-12H2,(H,29,30)/b6-2+. The van der Waals surface area contributed by atoms with Crippen molar-refractivity contribution in [2.75, 3.05) is 32.7 Å². The number of nitro groups is 1. The predicted molar refractivity (Wildman–Crippen MR) is 128 cm³/mol. The van der Waals surface area contributed by atoms with Crippen molar-refractivity contribution in [1.82, 2.24) is 9.80 Å². The second-order valence-electron chi connectivity index (χ2n) is 7.31. The number of benzene rings is 2. The van der Waals surface area contributed by atoms with Crippen LogP contribution in [-0.4, -0.2) is 64.4 Å². The van der Waals surface area contributed by atoms with Crippen LogP contribution in [0, 0.1) is 10.1 Å². The fourth-order valence-corrected chi connectivity index (χ4v) is 4.69. The normalized spacial score (nSPS) is 14.5. The van der Waals surface area contributed by atoms with Crippen molar-refractivity contribution in [2.24, 2.45) is 0 Å². The third kappa shape index (κ3) is 7.20. The van der Waals surface area contributed by atoms with Gasteiger partial charge in [-0.15, -0.1) is 0 Å². The lowest BCUT2D eigenvalue weighted by molar-refractivity contribution is -0.387. The molecular formula is C22H21Cl2N3O5S. The Bertz CT molecular complexity index is 1090. The zero-order valence-corrected chi connectivity index (χ0v) is 19.8. The quantitative estimate of drug-likeness (QED) is 0.312. The van der Waals surface area contributed by atoms with Gasteiger partial charge in [0.25, 0.3) is 5.69 Å². The van der Waals surface area contributed by atoms with Crippen LogP contribution in [0.4, 0.5) is 5.69 Å². The number of carbonyl (C=O) groups is 2. The molecule has 0 saturated carbocycles. The number of hydrogen-bond donors (Lipinski definition) is 1. The summed E-state index contributed by atoms with van der Waals surface area (Å²) in [7, 11) is 0. The molecule has 0 spiro atoms. The van der Waals surface area contributed by atoms with E-state index in [0.29, 0.717) is 58.1 Å². The number of nitro benzene ring substituents is 1. The van der Waals surface area contributed by atoms with Crippen LogP contribution in [0.2, 0.25) is 10.0 Å². The highest BCUT2D eigenvalue weighted by molar-refractivity contribution is 7.99. The molecule has 11 heteroatoms. The van der Waals surface area contributed by atoms with Gasteiger partial charge in [0.15, 0.2) is 0 Å². The Labute approximate surface area is 204 Å². The SMILES string of the molecule is O=C(O)CCN1CCN(C(=O)/C=C/c2ccc(Sc3ccc(Cl)cc3Cl)c([N+](=O)[O-])c2)CC1. The number of piperazine rings is 1. The van der Waals surface area contributed by atoms with Gasteiger partial charge in [-0.1, -0.05) is 41.0 Å². The number of amides is 1. The van der Waals surface area contributed by atoms with Gasteiger partial charge in [0, 0.05) is 54.8 Å². The first-order valence-corrected chi connectivity index (χ1v) is 11.6. The third-order valence-electron chi connectivity index (χ3n) is 5.04. The van der Waals surface area contributed by atoms with E-state index in [4.69, 9.17) is 28.3 Å². The number of hydrogen-bond acceptors (Lipinski definition) is 6. The van der Waals surface area contributed by atoms with Gasteiger partial charge in [0.2, 0.25) is 5.91 Å². The van der Waals surface area contributed by atoms with Gasteiger partial charge < -0.3 is 10.0 Å².